The van der Waals surface area contributed by atoms with Crippen molar-refractivity contribution in [1.29, 1.82) is 0 Å². The molecule has 1 aliphatic rings. The number of hydrogen-bond acceptors (Lipinski definition) is 1. The Morgan fingerprint density at radius 2 is 1.48 bits per heavy atom. The van der Waals surface area contributed by atoms with Gasteiger partial charge in [0, 0.05) is 0 Å². The molecule has 1 nitrogen and oxygen atoms in total. The molecule has 29 heavy (non-hydrogen) atoms. The molecule has 0 bridgehead atoms. The zero-order valence-corrected chi connectivity index (χ0v) is 22.2. The van der Waals surface area contributed by atoms with Crippen molar-refractivity contribution >= 4 is 0 Å². The van der Waals surface area contributed by atoms with Crippen molar-refractivity contribution in [2.45, 2.75) is 121 Å². The fourth-order valence-corrected chi connectivity index (χ4v) is 4.53. The third-order valence-electron chi connectivity index (χ3n) is 6.14. The summed E-state index contributed by atoms with van der Waals surface area (Å²) in [6, 6.07) is 0. The molecule has 0 spiro atoms. The van der Waals surface area contributed by atoms with E-state index >= 15 is 0 Å². The van der Waals surface area contributed by atoms with E-state index in [1.54, 1.807) is 5.57 Å². The Bertz CT molecular complexity index is 355. The van der Waals surface area contributed by atoms with Gasteiger partial charge in [-0.25, -0.2) is 0 Å². The summed E-state index contributed by atoms with van der Waals surface area (Å²) in [5.74, 6) is 4.67. The van der Waals surface area contributed by atoms with Crippen molar-refractivity contribution < 1.29 is 0 Å². The van der Waals surface area contributed by atoms with Gasteiger partial charge in [0.2, 0.25) is 0 Å². The quantitative estimate of drug-likeness (QED) is 0.377. The molecular formula is C28H59N. The zero-order valence-electron chi connectivity index (χ0n) is 22.2. The molecule has 0 amide bonds. The van der Waals surface area contributed by atoms with Crippen molar-refractivity contribution in [2.75, 3.05) is 6.54 Å². The lowest BCUT2D eigenvalue weighted by atomic mass is 9.81. The topological polar surface area (TPSA) is 26.0 Å². The highest BCUT2D eigenvalue weighted by Gasteiger charge is 2.37. The van der Waals surface area contributed by atoms with Crippen LogP contribution in [0.4, 0.5) is 0 Å². The highest BCUT2D eigenvalue weighted by atomic mass is 14.5. The predicted octanol–water partition coefficient (Wildman–Crippen LogP) is 9.43. The number of hydrogen-bond donors (Lipinski definition) is 1. The molecule has 1 aliphatic carbocycles. The second-order valence-corrected chi connectivity index (χ2v) is 8.51. The first-order chi connectivity index (χ1) is 13.9. The van der Waals surface area contributed by atoms with Crippen LogP contribution in [-0.4, -0.2) is 6.54 Å². The first kappa shape index (κ1) is 33.1. The van der Waals surface area contributed by atoms with Gasteiger partial charge in [-0.05, 0) is 61.8 Å². The SMILES string of the molecule is C=C/C=C(/CC)CC(CCC)CC1CC(CC)C(C)C1C.CC.CCC.CCN. The van der Waals surface area contributed by atoms with E-state index in [1.165, 1.54) is 51.4 Å². The summed E-state index contributed by atoms with van der Waals surface area (Å²) >= 11 is 0. The van der Waals surface area contributed by atoms with Crippen molar-refractivity contribution in [3.63, 3.8) is 0 Å². The molecule has 1 fully saturated rings. The van der Waals surface area contributed by atoms with Gasteiger partial charge in [0.15, 0.2) is 0 Å². The van der Waals surface area contributed by atoms with Crippen molar-refractivity contribution in [2.24, 2.45) is 35.3 Å². The maximum absolute atomic E-state index is 4.85. The molecule has 1 saturated carbocycles. The maximum atomic E-state index is 4.85. The third-order valence-corrected chi connectivity index (χ3v) is 6.14. The molecule has 5 unspecified atom stereocenters. The molecule has 0 saturated heterocycles. The second kappa shape index (κ2) is 23.7. The van der Waals surface area contributed by atoms with Crippen LogP contribution >= 0.6 is 0 Å². The molecule has 0 heterocycles. The molecule has 5 atom stereocenters. The lowest BCUT2D eigenvalue weighted by Crippen LogP contribution is -2.15. The van der Waals surface area contributed by atoms with Crippen molar-refractivity contribution in [3.8, 4) is 0 Å². The van der Waals surface area contributed by atoms with Gasteiger partial charge in [-0.2, -0.15) is 0 Å². The Morgan fingerprint density at radius 3 is 1.83 bits per heavy atom. The normalized spacial score (nSPS) is 24.2. The Morgan fingerprint density at radius 1 is 1.00 bits per heavy atom. The minimum Gasteiger partial charge on any atom is -0.331 e. The Balaban J connectivity index is -0.000000732. The zero-order chi connectivity index (χ0) is 23.2. The van der Waals surface area contributed by atoms with Crippen molar-refractivity contribution in [1.82, 2.24) is 0 Å². The van der Waals surface area contributed by atoms with Crippen LogP contribution in [0.3, 0.4) is 0 Å². The fourth-order valence-electron chi connectivity index (χ4n) is 4.53. The maximum Gasteiger partial charge on any atom is -0.0106 e. The summed E-state index contributed by atoms with van der Waals surface area (Å²) in [6.45, 7) is 26.8. The van der Waals surface area contributed by atoms with E-state index in [9.17, 15) is 0 Å². The van der Waals surface area contributed by atoms with Crippen molar-refractivity contribution in [3.05, 3.63) is 24.3 Å². The second-order valence-electron chi connectivity index (χ2n) is 8.51. The largest absolute Gasteiger partial charge is 0.331 e. The average molecular weight is 410 g/mol. The van der Waals surface area contributed by atoms with Crippen LogP contribution in [0.15, 0.2) is 24.3 Å². The lowest BCUT2D eigenvalue weighted by Gasteiger charge is -2.25. The molecule has 0 aromatic rings. The van der Waals surface area contributed by atoms with Crippen LogP contribution in [-0.2, 0) is 0 Å². The summed E-state index contributed by atoms with van der Waals surface area (Å²) in [6.07, 6.45) is 15.0. The van der Waals surface area contributed by atoms with Crippen LogP contribution in [0.2, 0.25) is 0 Å². The monoisotopic (exact) mass is 409 g/mol. The average Bonchev–Trinajstić information content (AvgIpc) is 2.98. The summed E-state index contributed by atoms with van der Waals surface area (Å²) in [5.41, 5.74) is 6.44. The van der Waals surface area contributed by atoms with Crippen LogP contribution in [0.25, 0.3) is 0 Å². The summed E-state index contributed by atoms with van der Waals surface area (Å²) < 4.78 is 0. The highest BCUT2D eigenvalue weighted by Crippen LogP contribution is 2.46. The molecule has 1 rings (SSSR count). The van der Waals surface area contributed by atoms with Crippen LogP contribution < -0.4 is 5.73 Å². The standard InChI is InChI=1S/C21H38.C3H8.C2H7N.C2H6/c1-7-11-18(9-3)13-19(12-8-2)14-21-15-20(10-4)16(5)17(21)6;1-3-2;1-2-3;1-2/h7,11,16-17,19-21H,1,8-10,12-15H2,2-6H3;3H2,1-2H3;2-3H2,1H3;1-2H3/b18-11-;;;. The first-order valence-corrected chi connectivity index (χ1v) is 12.9. The molecular weight excluding hydrogens is 350 g/mol. The Hall–Kier alpha value is -0.560. The number of rotatable bonds is 9. The van der Waals surface area contributed by atoms with Crippen LogP contribution in [0, 0.1) is 29.6 Å². The fraction of sp³-hybridized carbons (Fsp3) is 0.857. The van der Waals surface area contributed by atoms with Gasteiger partial charge < -0.3 is 5.73 Å². The molecule has 0 aromatic carbocycles. The highest BCUT2D eigenvalue weighted by molar-refractivity contribution is 5.10. The van der Waals surface area contributed by atoms with E-state index in [4.69, 9.17) is 5.73 Å². The minimum atomic E-state index is 0.750. The van der Waals surface area contributed by atoms with Crippen LogP contribution in [0.5, 0.6) is 0 Å². The molecule has 0 aliphatic heterocycles. The van der Waals surface area contributed by atoms with Gasteiger partial charge in [-0.1, -0.05) is 119 Å². The van der Waals surface area contributed by atoms with E-state index < -0.39 is 0 Å². The van der Waals surface area contributed by atoms with Gasteiger partial charge in [-0.15, -0.1) is 0 Å². The van der Waals surface area contributed by atoms with Crippen LogP contribution in [0.1, 0.15) is 121 Å². The van der Waals surface area contributed by atoms with E-state index in [1.807, 2.05) is 26.8 Å². The first-order valence-electron chi connectivity index (χ1n) is 12.9. The Labute approximate surface area is 187 Å². The molecule has 0 radical (unpaired) electrons. The van der Waals surface area contributed by atoms with E-state index in [2.05, 4.69) is 61.1 Å². The summed E-state index contributed by atoms with van der Waals surface area (Å²) in [5, 5.41) is 0. The minimum absolute atomic E-state index is 0.750. The predicted molar refractivity (Wildman–Crippen MR) is 138 cm³/mol. The smallest absolute Gasteiger partial charge is 0.0106 e. The van der Waals surface area contributed by atoms with Gasteiger partial charge >= 0.3 is 0 Å². The van der Waals surface area contributed by atoms with E-state index in [-0.39, 0.29) is 0 Å². The molecule has 1 heteroatoms. The molecule has 0 aromatic heterocycles. The molecule has 2 N–H and O–H groups in total. The van der Waals surface area contributed by atoms with Gasteiger partial charge in [-0.3, -0.25) is 0 Å². The van der Waals surface area contributed by atoms with Gasteiger partial charge in [0.1, 0.15) is 0 Å². The molecule has 176 valence electrons. The Kier molecular flexibility index (Phi) is 27.1. The van der Waals surface area contributed by atoms with Gasteiger partial charge in [0.05, 0.1) is 0 Å². The lowest BCUT2D eigenvalue weighted by molar-refractivity contribution is 0.275. The van der Waals surface area contributed by atoms with E-state index in [0.29, 0.717) is 0 Å². The third kappa shape index (κ3) is 15.9. The van der Waals surface area contributed by atoms with Gasteiger partial charge in [0.25, 0.3) is 0 Å². The summed E-state index contributed by atoms with van der Waals surface area (Å²) in [4.78, 5) is 0. The number of allylic oxidation sites excluding steroid dienone is 3. The summed E-state index contributed by atoms with van der Waals surface area (Å²) in [7, 11) is 0. The van der Waals surface area contributed by atoms with E-state index in [0.717, 1.165) is 36.1 Å². The number of nitrogens with two attached hydrogens (primary N) is 1.